The van der Waals surface area contributed by atoms with Gasteiger partial charge in [-0.3, -0.25) is 4.55 Å². The van der Waals surface area contributed by atoms with Gasteiger partial charge in [-0.05, 0) is 31.8 Å². The van der Waals surface area contributed by atoms with E-state index in [0.717, 1.165) is 0 Å². The summed E-state index contributed by atoms with van der Waals surface area (Å²) in [5.41, 5.74) is 0. The van der Waals surface area contributed by atoms with Gasteiger partial charge in [0.05, 0.1) is 6.61 Å². The van der Waals surface area contributed by atoms with Gasteiger partial charge in [-0.15, -0.1) is 0 Å². The highest BCUT2D eigenvalue weighted by atomic mass is 32.2. The Morgan fingerprint density at radius 1 is 1.41 bits per heavy atom. The van der Waals surface area contributed by atoms with Crippen LogP contribution in [0.25, 0.3) is 0 Å². The van der Waals surface area contributed by atoms with Crippen molar-refractivity contribution in [3.63, 3.8) is 0 Å². The predicted molar refractivity (Wildman–Crippen MR) is 53.0 cm³/mol. The molecule has 1 heterocycles. The number of alkyl halides is 2. The molecule has 0 unspecified atom stereocenters. The third-order valence-corrected chi connectivity index (χ3v) is 3.29. The summed E-state index contributed by atoms with van der Waals surface area (Å²) in [6.07, 6.45) is 1.31. The van der Waals surface area contributed by atoms with Crippen LogP contribution in [0, 0.1) is 5.92 Å². The highest BCUT2D eigenvalue weighted by Gasteiger charge is 2.54. The SMILES string of the molecule is O=C(OCC1CCNCC1)C(F)(F)S(=O)(=O)O. The largest absolute Gasteiger partial charge is 0.465 e. The lowest BCUT2D eigenvalue weighted by Crippen LogP contribution is -2.40. The van der Waals surface area contributed by atoms with Crippen molar-refractivity contribution in [2.45, 2.75) is 18.1 Å². The van der Waals surface area contributed by atoms with Crippen molar-refractivity contribution in [3.05, 3.63) is 0 Å². The second-order valence-corrected chi connectivity index (χ2v) is 5.25. The van der Waals surface area contributed by atoms with Crippen molar-refractivity contribution in [1.82, 2.24) is 5.32 Å². The average molecular weight is 273 g/mol. The van der Waals surface area contributed by atoms with Crippen molar-refractivity contribution in [2.24, 2.45) is 5.92 Å². The zero-order valence-corrected chi connectivity index (χ0v) is 9.67. The Morgan fingerprint density at radius 3 is 2.41 bits per heavy atom. The van der Waals surface area contributed by atoms with Gasteiger partial charge in [-0.25, -0.2) is 4.79 Å². The van der Waals surface area contributed by atoms with E-state index in [9.17, 15) is 22.0 Å². The van der Waals surface area contributed by atoms with Crippen LogP contribution in [0.2, 0.25) is 0 Å². The molecule has 100 valence electrons. The Kier molecular flexibility index (Phi) is 4.39. The summed E-state index contributed by atoms with van der Waals surface area (Å²) in [7, 11) is -5.77. The number of rotatable bonds is 4. The monoisotopic (exact) mass is 273 g/mol. The first-order valence-corrected chi connectivity index (χ1v) is 6.42. The van der Waals surface area contributed by atoms with Crippen molar-refractivity contribution in [2.75, 3.05) is 19.7 Å². The quantitative estimate of drug-likeness (QED) is 0.553. The van der Waals surface area contributed by atoms with Gasteiger partial charge in [-0.1, -0.05) is 0 Å². The van der Waals surface area contributed by atoms with Gasteiger partial charge in [0.2, 0.25) is 0 Å². The van der Waals surface area contributed by atoms with Crippen LogP contribution in [0.3, 0.4) is 0 Å². The van der Waals surface area contributed by atoms with Crippen molar-refractivity contribution < 1.29 is 31.3 Å². The third kappa shape index (κ3) is 3.58. The zero-order chi connectivity index (χ0) is 13.1. The first-order valence-electron chi connectivity index (χ1n) is 4.98. The Balaban J connectivity index is 2.49. The number of hydrogen-bond acceptors (Lipinski definition) is 5. The topological polar surface area (TPSA) is 92.7 Å². The molecule has 0 aromatic carbocycles. The zero-order valence-electron chi connectivity index (χ0n) is 8.86. The smallest absolute Gasteiger partial charge is 0.460 e. The molecular weight excluding hydrogens is 260 g/mol. The molecular formula is C8H13F2NO5S. The van der Waals surface area contributed by atoms with Crippen molar-refractivity contribution >= 4 is 16.1 Å². The molecule has 6 nitrogen and oxygen atoms in total. The van der Waals surface area contributed by atoms with E-state index in [1.54, 1.807) is 0 Å². The minimum Gasteiger partial charge on any atom is -0.460 e. The van der Waals surface area contributed by atoms with Gasteiger partial charge in [0, 0.05) is 0 Å². The van der Waals surface area contributed by atoms with Crippen LogP contribution in [-0.4, -0.2) is 43.9 Å². The second-order valence-electron chi connectivity index (χ2n) is 3.78. The molecule has 0 amide bonds. The molecule has 17 heavy (non-hydrogen) atoms. The lowest BCUT2D eigenvalue weighted by atomic mass is 9.99. The van der Waals surface area contributed by atoms with Gasteiger partial charge < -0.3 is 10.1 Å². The van der Waals surface area contributed by atoms with Crippen LogP contribution >= 0.6 is 0 Å². The molecule has 0 bridgehead atoms. The fourth-order valence-corrected chi connectivity index (χ4v) is 1.70. The third-order valence-electron chi connectivity index (χ3n) is 2.47. The summed E-state index contributed by atoms with van der Waals surface area (Å²) >= 11 is 0. The number of ether oxygens (including phenoxy) is 1. The minimum atomic E-state index is -5.77. The molecule has 0 aliphatic carbocycles. The molecule has 0 spiro atoms. The van der Waals surface area contributed by atoms with Crippen LogP contribution in [0.15, 0.2) is 0 Å². The molecule has 1 aliphatic rings. The Morgan fingerprint density at radius 2 is 1.94 bits per heavy atom. The maximum atomic E-state index is 12.8. The average Bonchev–Trinajstić information content (AvgIpc) is 2.25. The van der Waals surface area contributed by atoms with Crippen molar-refractivity contribution in [3.8, 4) is 0 Å². The van der Waals surface area contributed by atoms with Gasteiger partial charge in [0.15, 0.2) is 0 Å². The molecule has 1 rings (SSSR count). The highest BCUT2D eigenvalue weighted by molar-refractivity contribution is 7.87. The fraction of sp³-hybridized carbons (Fsp3) is 0.875. The van der Waals surface area contributed by atoms with Crippen LogP contribution in [0.4, 0.5) is 8.78 Å². The summed E-state index contributed by atoms with van der Waals surface area (Å²) in [6.45, 7) is 1.11. The molecule has 1 aliphatic heterocycles. The van der Waals surface area contributed by atoms with E-state index < -0.39 is 21.3 Å². The van der Waals surface area contributed by atoms with E-state index in [0.29, 0.717) is 25.9 Å². The molecule has 2 N–H and O–H groups in total. The van der Waals surface area contributed by atoms with Gasteiger partial charge in [0.1, 0.15) is 0 Å². The van der Waals surface area contributed by atoms with Crippen LogP contribution in [0.5, 0.6) is 0 Å². The molecule has 0 aromatic heterocycles. The molecule has 0 atom stereocenters. The Labute approximate surface area is 97.1 Å². The maximum absolute atomic E-state index is 12.8. The number of carbonyl (C=O) groups is 1. The first kappa shape index (κ1) is 14.3. The lowest BCUT2D eigenvalue weighted by molar-refractivity contribution is -0.163. The molecule has 9 heteroatoms. The first-order chi connectivity index (χ1) is 7.75. The summed E-state index contributed by atoms with van der Waals surface area (Å²) in [5.74, 6) is -2.31. The molecule has 1 fully saturated rings. The second kappa shape index (κ2) is 5.23. The highest BCUT2D eigenvalue weighted by Crippen LogP contribution is 2.23. The number of piperidine rings is 1. The lowest BCUT2D eigenvalue weighted by Gasteiger charge is -2.22. The summed E-state index contributed by atoms with van der Waals surface area (Å²) in [5, 5.41) is -1.87. The van der Waals surface area contributed by atoms with Crippen LogP contribution in [0.1, 0.15) is 12.8 Å². The van der Waals surface area contributed by atoms with Crippen LogP contribution in [-0.2, 0) is 19.6 Å². The molecule has 0 saturated carbocycles. The molecule has 1 saturated heterocycles. The number of nitrogens with one attached hydrogen (secondary N) is 1. The fourth-order valence-electron chi connectivity index (χ4n) is 1.43. The molecule has 0 aromatic rings. The van der Waals surface area contributed by atoms with Gasteiger partial charge in [0.25, 0.3) is 0 Å². The maximum Gasteiger partial charge on any atom is 0.465 e. The number of esters is 1. The van der Waals surface area contributed by atoms with E-state index in [1.165, 1.54) is 0 Å². The Hall–Kier alpha value is -0.800. The van der Waals surface area contributed by atoms with E-state index in [4.69, 9.17) is 4.55 Å². The summed E-state index contributed by atoms with van der Waals surface area (Å²) < 4.78 is 58.4. The van der Waals surface area contributed by atoms with Gasteiger partial charge in [-0.2, -0.15) is 17.2 Å². The number of hydrogen-bond donors (Lipinski definition) is 2. The van der Waals surface area contributed by atoms with E-state index in [2.05, 4.69) is 10.1 Å². The number of halogens is 2. The van der Waals surface area contributed by atoms with Crippen LogP contribution < -0.4 is 5.32 Å². The standard InChI is InChI=1S/C8H13F2NO5S/c9-8(10,17(13,14)15)7(12)16-5-6-1-3-11-4-2-6/h6,11H,1-5H2,(H,13,14,15). The van der Waals surface area contributed by atoms with E-state index >= 15 is 0 Å². The van der Waals surface area contributed by atoms with E-state index in [-0.39, 0.29) is 12.5 Å². The van der Waals surface area contributed by atoms with Crippen molar-refractivity contribution in [1.29, 1.82) is 0 Å². The Bertz CT molecular complexity index is 377. The summed E-state index contributed by atoms with van der Waals surface area (Å²) in [6, 6.07) is 0. The van der Waals surface area contributed by atoms with E-state index in [1.807, 2.05) is 0 Å². The minimum absolute atomic E-state index is 0.0719. The van der Waals surface area contributed by atoms with Gasteiger partial charge >= 0.3 is 21.3 Å². The normalized spacial score (nSPS) is 19.0. The number of carbonyl (C=O) groups excluding carboxylic acids is 1. The predicted octanol–water partition coefficient (Wildman–Crippen LogP) is 0.00980. The molecule has 0 radical (unpaired) electrons. The summed E-state index contributed by atoms with van der Waals surface area (Å²) in [4.78, 5) is 10.8.